The molecule has 0 atom stereocenters. The number of rotatable bonds is 6. The van der Waals surface area contributed by atoms with Crippen molar-refractivity contribution >= 4 is 5.82 Å². The smallest absolute Gasteiger partial charge is 0.128 e. The maximum Gasteiger partial charge on any atom is 0.128 e. The number of pyridine rings is 1. The van der Waals surface area contributed by atoms with Crippen LogP contribution in [0.2, 0.25) is 0 Å². The van der Waals surface area contributed by atoms with Gasteiger partial charge in [0, 0.05) is 26.2 Å². The van der Waals surface area contributed by atoms with Crippen LogP contribution in [0.15, 0.2) is 42.5 Å². The predicted molar refractivity (Wildman–Crippen MR) is 87.4 cm³/mol. The lowest BCUT2D eigenvalue weighted by atomic mass is 10.1. The van der Waals surface area contributed by atoms with Gasteiger partial charge < -0.3 is 10.2 Å². The second-order valence-electron chi connectivity index (χ2n) is 5.99. The second kappa shape index (κ2) is 6.27. The summed E-state index contributed by atoms with van der Waals surface area (Å²) >= 11 is 0. The molecular weight excluding hydrogens is 258 g/mol. The molecule has 110 valence electrons. The first-order valence-corrected chi connectivity index (χ1v) is 7.67. The minimum absolute atomic E-state index is 0.723. The monoisotopic (exact) mass is 281 g/mol. The molecule has 3 nitrogen and oxygen atoms in total. The van der Waals surface area contributed by atoms with Crippen molar-refractivity contribution in [2.75, 3.05) is 11.9 Å². The van der Waals surface area contributed by atoms with Crippen molar-refractivity contribution in [3.05, 3.63) is 59.3 Å². The molecule has 1 fully saturated rings. The molecule has 1 aromatic carbocycles. The molecule has 0 aliphatic heterocycles. The molecule has 0 saturated heterocycles. The quantitative estimate of drug-likeness (QED) is 0.880. The molecule has 0 amide bonds. The van der Waals surface area contributed by atoms with Crippen molar-refractivity contribution in [2.45, 2.75) is 38.9 Å². The third-order valence-corrected chi connectivity index (χ3v) is 3.83. The van der Waals surface area contributed by atoms with Crippen LogP contribution in [-0.4, -0.2) is 18.1 Å². The van der Waals surface area contributed by atoms with Gasteiger partial charge >= 0.3 is 0 Å². The Morgan fingerprint density at radius 3 is 2.76 bits per heavy atom. The maximum absolute atomic E-state index is 4.75. The highest BCUT2D eigenvalue weighted by Crippen LogP contribution is 2.19. The van der Waals surface area contributed by atoms with Crippen molar-refractivity contribution in [2.24, 2.45) is 0 Å². The molecule has 1 saturated carbocycles. The summed E-state index contributed by atoms with van der Waals surface area (Å²) in [5.74, 6) is 1.03. The number of nitrogens with one attached hydrogen (secondary N) is 1. The lowest BCUT2D eigenvalue weighted by molar-refractivity contribution is 0.673. The Kier molecular flexibility index (Phi) is 4.20. The molecule has 21 heavy (non-hydrogen) atoms. The van der Waals surface area contributed by atoms with E-state index in [-0.39, 0.29) is 0 Å². The molecule has 3 rings (SSSR count). The fourth-order valence-electron chi connectivity index (χ4n) is 2.48. The zero-order valence-corrected chi connectivity index (χ0v) is 12.8. The third kappa shape index (κ3) is 4.05. The SMILES string of the molecule is Cc1cccc(CN(C)c2cccc(CNC3CC3)n2)c1. The van der Waals surface area contributed by atoms with E-state index in [0.29, 0.717) is 0 Å². The van der Waals surface area contributed by atoms with Gasteiger partial charge in [-0.15, -0.1) is 0 Å². The molecule has 1 N–H and O–H groups in total. The van der Waals surface area contributed by atoms with E-state index in [1.165, 1.54) is 24.0 Å². The number of anilines is 1. The fourth-order valence-corrected chi connectivity index (χ4v) is 2.48. The summed E-state index contributed by atoms with van der Waals surface area (Å²) in [6.45, 7) is 3.89. The van der Waals surface area contributed by atoms with Crippen molar-refractivity contribution < 1.29 is 0 Å². The van der Waals surface area contributed by atoms with Crippen molar-refractivity contribution in [1.29, 1.82) is 0 Å². The van der Waals surface area contributed by atoms with Gasteiger partial charge in [-0.05, 0) is 37.5 Å². The van der Waals surface area contributed by atoms with Gasteiger partial charge in [0.05, 0.1) is 5.69 Å². The fraction of sp³-hybridized carbons (Fsp3) is 0.389. The molecule has 0 radical (unpaired) electrons. The van der Waals surface area contributed by atoms with Crippen molar-refractivity contribution in [1.82, 2.24) is 10.3 Å². The number of benzene rings is 1. The molecule has 2 aromatic rings. The first-order valence-electron chi connectivity index (χ1n) is 7.67. The lowest BCUT2D eigenvalue weighted by Gasteiger charge is -2.19. The molecule has 3 heteroatoms. The molecule has 1 heterocycles. The Bertz CT molecular complexity index is 605. The van der Waals surface area contributed by atoms with Crippen LogP contribution in [0.25, 0.3) is 0 Å². The van der Waals surface area contributed by atoms with E-state index in [9.17, 15) is 0 Å². The Labute approximate surface area is 127 Å². The van der Waals surface area contributed by atoms with E-state index < -0.39 is 0 Å². The van der Waals surface area contributed by atoms with Gasteiger partial charge in [-0.25, -0.2) is 4.98 Å². The summed E-state index contributed by atoms with van der Waals surface area (Å²) < 4.78 is 0. The Balaban J connectivity index is 1.65. The van der Waals surface area contributed by atoms with Crippen LogP contribution in [0.3, 0.4) is 0 Å². The highest BCUT2D eigenvalue weighted by Gasteiger charge is 2.20. The van der Waals surface area contributed by atoms with Crippen LogP contribution in [-0.2, 0) is 13.1 Å². The van der Waals surface area contributed by atoms with Gasteiger partial charge in [0.15, 0.2) is 0 Å². The first-order chi connectivity index (χ1) is 10.2. The summed E-state index contributed by atoms with van der Waals surface area (Å²) in [5, 5.41) is 3.52. The average molecular weight is 281 g/mol. The highest BCUT2D eigenvalue weighted by atomic mass is 15.2. The van der Waals surface area contributed by atoms with Crippen molar-refractivity contribution in [3.8, 4) is 0 Å². The normalized spacial score (nSPS) is 14.2. The zero-order chi connectivity index (χ0) is 14.7. The van der Waals surface area contributed by atoms with E-state index >= 15 is 0 Å². The predicted octanol–water partition coefficient (Wildman–Crippen LogP) is 3.28. The third-order valence-electron chi connectivity index (χ3n) is 3.83. The minimum atomic E-state index is 0.723. The largest absolute Gasteiger partial charge is 0.355 e. The van der Waals surface area contributed by atoms with E-state index in [2.05, 4.69) is 66.7 Å². The second-order valence-corrected chi connectivity index (χ2v) is 5.99. The lowest BCUT2D eigenvalue weighted by Crippen LogP contribution is -2.20. The first kappa shape index (κ1) is 14.1. The molecule has 1 aromatic heterocycles. The Morgan fingerprint density at radius 2 is 2.00 bits per heavy atom. The van der Waals surface area contributed by atoms with E-state index in [4.69, 9.17) is 4.98 Å². The van der Waals surface area contributed by atoms with E-state index in [1.807, 2.05) is 0 Å². The van der Waals surface area contributed by atoms with Crippen LogP contribution in [0, 0.1) is 6.92 Å². The molecular formula is C18H23N3. The molecule has 1 aliphatic rings. The van der Waals surface area contributed by atoms with Gasteiger partial charge in [-0.2, -0.15) is 0 Å². The molecule has 0 unspecified atom stereocenters. The van der Waals surface area contributed by atoms with E-state index in [0.717, 1.165) is 30.6 Å². The number of hydrogen-bond donors (Lipinski definition) is 1. The number of aryl methyl sites for hydroxylation is 1. The summed E-state index contributed by atoms with van der Waals surface area (Å²) in [6, 6.07) is 15.6. The zero-order valence-electron chi connectivity index (χ0n) is 12.8. The van der Waals surface area contributed by atoms with Crippen molar-refractivity contribution in [3.63, 3.8) is 0 Å². The van der Waals surface area contributed by atoms with Crippen LogP contribution >= 0.6 is 0 Å². The Hall–Kier alpha value is -1.87. The van der Waals surface area contributed by atoms with Crippen LogP contribution in [0.1, 0.15) is 29.7 Å². The summed E-state index contributed by atoms with van der Waals surface area (Å²) in [5.41, 5.74) is 3.74. The molecule has 0 spiro atoms. The van der Waals surface area contributed by atoms with Crippen LogP contribution < -0.4 is 10.2 Å². The Morgan fingerprint density at radius 1 is 1.19 bits per heavy atom. The minimum Gasteiger partial charge on any atom is -0.355 e. The standard InChI is InChI=1S/C18H23N3/c1-14-5-3-6-15(11-14)13-21(2)18-8-4-7-17(20-18)12-19-16-9-10-16/h3-8,11,16,19H,9-10,12-13H2,1-2H3. The van der Waals surface area contributed by atoms with E-state index in [1.54, 1.807) is 0 Å². The number of nitrogens with zero attached hydrogens (tertiary/aromatic N) is 2. The van der Waals surface area contributed by atoms with Gasteiger partial charge in [0.1, 0.15) is 5.82 Å². The highest BCUT2D eigenvalue weighted by molar-refractivity contribution is 5.39. The van der Waals surface area contributed by atoms with Gasteiger partial charge in [-0.1, -0.05) is 35.9 Å². The summed E-state index contributed by atoms with van der Waals surface area (Å²) in [4.78, 5) is 6.96. The summed E-state index contributed by atoms with van der Waals surface area (Å²) in [7, 11) is 2.10. The van der Waals surface area contributed by atoms with Crippen LogP contribution in [0.5, 0.6) is 0 Å². The number of hydrogen-bond acceptors (Lipinski definition) is 3. The molecule has 1 aliphatic carbocycles. The average Bonchev–Trinajstić information content (AvgIpc) is 3.30. The van der Waals surface area contributed by atoms with Crippen LogP contribution in [0.4, 0.5) is 5.82 Å². The maximum atomic E-state index is 4.75. The topological polar surface area (TPSA) is 28.2 Å². The van der Waals surface area contributed by atoms with Gasteiger partial charge in [0.2, 0.25) is 0 Å². The molecule has 0 bridgehead atoms. The summed E-state index contributed by atoms with van der Waals surface area (Å²) in [6.07, 6.45) is 2.62. The number of aromatic nitrogens is 1. The van der Waals surface area contributed by atoms with Gasteiger partial charge in [0.25, 0.3) is 0 Å². The van der Waals surface area contributed by atoms with Gasteiger partial charge in [-0.3, -0.25) is 0 Å².